The maximum absolute atomic E-state index is 12.4. The lowest BCUT2D eigenvalue weighted by atomic mass is 10.1. The van der Waals surface area contributed by atoms with Crippen molar-refractivity contribution in [2.75, 3.05) is 5.75 Å². The van der Waals surface area contributed by atoms with Crippen molar-refractivity contribution in [3.8, 4) is 5.75 Å². The first-order chi connectivity index (χ1) is 15.0. The maximum atomic E-state index is 12.4. The average Bonchev–Trinajstić information content (AvgIpc) is 3.17. The van der Waals surface area contributed by atoms with Crippen molar-refractivity contribution in [1.29, 1.82) is 0 Å². The molecular weight excluding hydrogens is 408 g/mol. The minimum atomic E-state index is -0.295. The van der Waals surface area contributed by atoms with Gasteiger partial charge in [0, 0.05) is 6.54 Å². The Morgan fingerprint density at radius 3 is 2.55 bits per heavy atom. The molecule has 1 N–H and O–H groups in total. The van der Waals surface area contributed by atoms with Crippen LogP contribution >= 0.6 is 11.8 Å². The minimum absolute atomic E-state index is 0.0555. The molecule has 0 aliphatic carbocycles. The number of nitrogens with zero attached hydrogens (tertiary/aromatic N) is 3. The third-order valence-corrected chi connectivity index (χ3v) is 5.73. The second-order valence-corrected chi connectivity index (χ2v) is 8.24. The predicted octanol–water partition coefficient (Wildman–Crippen LogP) is 4.88. The molecule has 0 aliphatic heterocycles. The fourth-order valence-corrected chi connectivity index (χ4v) is 3.89. The van der Waals surface area contributed by atoms with Crippen LogP contribution in [0, 0.1) is 6.92 Å². The third-order valence-electron chi connectivity index (χ3n) is 4.76. The summed E-state index contributed by atoms with van der Waals surface area (Å²) in [6, 6.07) is 17.7. The topological polar surface area (TPSA) is 69.0 Å². The molecule has 0 fully saturated rings. The molecule has 1 heterocycles. The van der Waals surface area contributed by atoms with Crippen LogP contribution in [-0.2, 0) is 11.3 Å². The van der Waals surface area contributed by atoms with Crippen LogP contribution < -0.4 is 10.1 Å². The number of hydrogen-bond acceptors (Lipinski definition) is 5. The van der Waals surface area contributed by atoms with E-state index < -0.39 is 0 Å². The molecular formula is C24H28N4O2S. The number of thioether (sulfide) groups is 1. The number of hydrogen-bond donors (Lipinski definition) is 1. The van der Waals surface area contributed by atoms with Gasteiger partial charge in [-0.25, -0.2) is 0 Å². The van der Waals surface area contributed by atoms with Crippen LogP contribution in [0.5, 0.6) is 5.75 Å². The van der Waals surface area contributed by atoms with Crippen LogP contribution in [0.15, 0.2) is 72.4 Å². The second kappa shape index (κ2) is 10.8. The fraction of sp³-hybridized carbons (Fsp3) is 0.292. The number of aryl methyl sites for hydroxylation is 1. The van der Waals surface area contributed by atoms with Gasteiger partial charge in [0.05, 0.1) is 11.8 Å². The first kappa shape index (κ1) is 22.6. The van der Waals surface area contributed by atoms with E-state index in [-0.39, 0.29) is 23.8 Å². The van der Waals surface area contributed by atoms with Crippen molar-refractivity contribution >= 4 is 17.7 Å². The SMILES string of the molecule is C=CCn1c(SCC(=O)NC(C)c2ccccc2)nnc1C(C)Oc1ccc(C)cc1. The zero-order valence-corrected chi connectivity index (χ0v) is 18.9. The van der Waals surface area contributed by atoms with Crippen molar-refractivity contribution in [3.63, 3.8) is 0 Å². The van der Waals surface area contributed by atoms with Crippen molar-refractivity contribution in [2.24, 2.45) is 0 Å². The Hall–Kier alpha value is -3.06. The predicted molar refractivity (Wildman–Crippen MR) is 124 cm³/mol. The van der Waals surface area contributed by atoms with E-state index in [2.05, 4.69) is 22.1 Å². The number of carbonyl (C=O) groups is 1. The highest BCUT2D eigenvalue weighted by Crippen LogP contribution is 2.25. The fourth-order valence-electron chi connectivity index (χ4n) is 3.12. The first-order valence-electron chi connectivity index (χ1n) is 10.2. The van der Waals surface area contributed by atoms with Crippen LogP contribution in [0.4, 0.5) is 0 Å². The highest BCUT2D eigenvalue weighted by atomic mass is 32.2. The van der Waals surface area contributed by atoms with Gasteiger partial charge in [-0.2, -0.15) is 0 Å². The quantitative estimate of drug-likeness (QED) is 0.362. The lowest BCUT2D eigenvalue weighted by Gasteiger charge is -2.16. The lowest BCUT2D eigenvalue weighted by Crippen LogP contribution is -2.28. The van der Waals surface area contributed by atoms with Gasteiger partial charge >= 0.3 is 0 Å². The number of benzene rings is 2. The summed E-state index contributed by atoms with van der Waals surface area (Å²) in [4.78, 5) is 12.4. The molecule has 0 bridgehead atoms. The number of ether oxygens (including phenoxy) is 1. The molecule has 6 nitrogen and oxygen atoms in total. The summed E-state index contributed by atoms with van der Waals surface area (Å²) >= 11 is 1.35. The van der Waals surface area contributed by atoms with Gasteiger partial charge in [-0.05, 0) is 38.5 Å². The smallest absolute Gasteiger partial charge is 0.230 e. The number of carbonyl (C=O) groups excluding carboxylic acids is 1. The molecule has 2 atom stereocenters. The van der Waals surface area contributed by atoms with Gasteiger partial charge in [0.2, 0.25) is 5.91 Å². The highest BCUT2D eigenvalue weighted by Gasteiger charge is 2.20. The lowest BCUT2D eigenvalue weighted by molar-refractivity contribution is -0.119. The number of rotatable bonds is 10. The van der Waals surface area contributed by atoms with E-state index >= 15 is 0 Å². The molecule has 0 saturated carbocycles. The van der Waals surface area contributed by atoms with Gasteiger partial charge in [0.25, 0.3) is 0 Å². The second-order valence-electron chi connectivity index (χ2n) is 7.30. The van der Waals surface area contributed by atoms with Crippen molar-refractivity contribution in [2.45, 2.75) is 44.6 Å². The van der Waals surface area contributed by atoms with E-state index in [0.717, 1.165) is 11.3 Å². The first-order valence-corrected chi connectivity index (χ1v) is 11.2. The summed E-state index contributed by atoms with van der Waals surface area (Å²) in [6.45, 7) is 10.3. The normalized spacial score (nSPS) is 12.7. The standard InChI is InChI=1S/C24H28N4O2S/c1-5-15-28-23(19(4)30-21-13-11-17(2)12-14-21)26-27-24(28)31-16-22(29)25-18(3)20-9-7-6-8-10-20/h5-14,18-19H,1,15-16H2,2-4H3,(H,25,29). The van der Waals surface area contributed by atoms with Crippen LogP contribution in [0.3, 0.4) is 0 Å². The zero-order valence-electron chi connectivity index (χ0n) is 18.1. The summed E-state index contributed by atoms with van der Waals surface area (Å²) < 4.78 is 7.97. The van der Waals surface area contributed by atoms with E-state index in [1.165, 1.54) is 17.3 Å². The van der Waals surface area contributed by atoms with E-state index in [0.29, 0.717) is 17.5 Å². The van der Waals surface area contributed by atoms with E-state index in [4.69, 9.17) is 4.74 Å². The number of allylic oxidation sites excluding steroid dienone is 1. The highest BCUT2D eigenvalue weighted by molar-refractivity contribution is 7.99. The van der Waals surface area contributed by atoms with Crippen molar-refractivity contribution in [1.82, 2.24) is 20.1 Å². The molecule has 3 aromatic rings. The summed E-state index contributed by atoms with van der Waals surface area (Å²) in [5.74, 6) is 1.66. The van der Waals surface area contributed by atoms with Crippen LogP contribution in [0.2, 0.25) is 0 Å². The number of aromatic nitrogens is 3. The van der Waals surface area contributed by atoms with E-state index in [9.17, 15) is 4.79 Å². The molecule has 0 radical (unpaired) electrons. The Kier molecular flexibility index (Phi) is 7.89. The van der Waals surface area contributed by atoms with Crippen molar-refractivity contribution in [3.05, 3.63) is 84.2 Å². The summed E-state index contributed by atoms with van der Waals surface area (Å²) in [6.07, 6.45) is 1.49. The molecule has 1 aromatic heterocycles. The van der Waals surface area contributed by atoms with Gasteiger partial charge < -0.3 is 10.1 Å². The Morgan fingerprint density at radius 2 is 1.87 bits per heavy atom. The monoisotopic (exact) mass is 436 g/mol. The minimum Gasteiger partial charge on any atom is -0.483 e. The Balaban J connectivity index is 1.63. The number of amides is 1. The molecule has 7 heteroatoms. The van der Waals surface area contributed by atoms with Gasteiger partial charge in [0.1, 0.15) is 5.75 Å². The average molecular weight is 437 g/mol. The third kappa shape index (κ3) is 6.21. The molecule has 0 aliphatic rings. The molecule has 0 saturated heterocycles. The molecule has 162 valence electrons. The van der Waals surface area contributed by atoms with Crippen LogP contribution in [0.1, 0.15) is 42.9 Å². The van der Waals surface area contributed by atoms with Gasteiger partial charge in [0.15, 0.2) is 17.1 Å². The Bertz CT molecular complexity index is 1000. The zero-order chi connectivity index (χ0) is 22.2. The molecule has 1 amide bonds. The van der Waals surface area contributed by atoms with Gasteiger partial charge in [-0.3, -0.25) is 9.36 Å². The number of nitrogens with one attached hydrogen (secondary N) is 1. The summed E-state index contributed by atoms with van der Waals surface area (Å²) in [5.41, 5.74) is 2.24. The van der Waals surface area contributed by atoms with Gasteiger partial charge in [-0.1, -0.05) is 65.9 Å². The largest absolute Gasteiger partial charge is 0.483 e. The van der Waals surface area contributed by atoms with Gasteiger partial charge in [-0.15, -0.1) is 16.8 Å². The molecule has 0 spiro atoms. The van der Waals surface area contributed by atoms with Crippen molar-refractivity contribution < 1.29 is 9.53 Å². The Labute approximate surface area is 187 Å². The maximum Gasteiger partial charge on any atom is 0.230 e. The molecule has 31 heavy (non-hydrogen) atoms. The van der Waals surface area contributed by atoms with Crippen LogP contribution in [-0.4, -0.2) is 26.4 Å². The van der Waals surface area contributed by atoms with E-state index in [1.807, 2.05) is 79.9 Å². The molecule has 2 unspecified atom stereocenters. The Morgan fingerprint density at radius 1 is 1.16 bits per heavy atom. The molecule has 2 aromatic carbocycles. The summed E-state index contributed by atoms with van der Waals surface area (Å²) in [5, 5.41) is 12.3. The molecule has 3 rings (SSSR count). The van der Waals surface area contributed by atoms with Crippen LogP contribution in [0.25, 0.3) is 0 Å². The van der Waals surface area contributed by atoms with E-state index in [1.54, 1.807) is 6.08 Å². The summed E-state index contributed by atoms with van der Waals surface area (Å²) in [7, 11) is 0.